The first-order chi connectivity index (χ1) is 10.0. The van der Waals surface area contributed by atoms with Gasteiger partial charge in [0.25, 0.3) is 0 Å². The van der Waals surface area contributed by atoms with Crippen molar-refractivity contribution >= 4 is 0 Å². The first-order valence-electron chi connectivity index (χ1n) is 7.05. The lowest BCUT2D eigenvalue weighted by Crippen LogP contribution is -2.02. The SMILES string of the molecule is COc1cc(CN)c(-c2cc(C)c(C)cc2C)cc1OC. The van der Waals surface area contributed by atoms with Crippen LogP contribution in [0.4, 0.5) is 0 Å². The zero-order valence-corrected chi connectivity index (χ0v) is 13.4. The van der Waals surface area contributed by atoms with E-state index in [1.807, 2.05) is 12.1 Å². The Morgan fingerprint density at radius 3 is 1.90 bits per heavy atom. The lowest BCUT2D eigenvalue weighted by Gasteiger charge is -2.17. The van der Waals surface area contributed by atoms with Crippen LogP contribution in [0.1, 0.15) is 22.3 Å². The number of aryl methyl sites for hydroxylation is 3. The average molecular weight is 285 g/mol. The number of hydrogen-bond acceptors (Lipinski definition) is 3. The molecule has 0 amide bonds. The molecule has 0 spiro atoms. The molecule has 112 valence electrons. The second-order valence-corrected chi connectivity index (χ2v) is 5.32. The number of rotatable bonds is 4. The predicted molar refractivity (Wildman–Crippen MR) is 87.1 cm³/mol. The summed E-state index contributed by atoms with van der Waals surface area (Å²) in [5.41, 5.74) is 13.1. The van der Waals surface area contributed by atoms with Gasteiger partial charge in [0.1, 0.15) is 0 Å². The van der Waals surface area contributed by atoms with Gasteiger partial charge in [-0.25, -0.2) is 0 Å². The molecule has 2 aromatic rings. The van der Waals surface area contributed by atoms with E-state index in [-0.39, 0.29) is 0 Å². The lowest BCUT2D eigenvalue weighted by molar-refractivity contribution is 0.354. The van der Waals surface area contributed by atoms with Crippen molar-refractivity contribution in [3.63, 3.8) is 0 Å². The Balaban J connectivity index is 2.70. The fraction of sp³-hybridized carbons (Fsp3) is 0.333. The Labute approximate surface area is 126 Å². The van der Waals surface area contributed by atoms with Gasteiger partial charge in [-0.2, -0.15) is 0 Å². The van der Waals surface area contributed by atoms with Crippen LogP contribution in [0.25, 0.3) is 11.1 Å². The van der Waals surface area contributed by atoms with E-state index in [9.17, 15) is 0 Å². The molecule has 2 aromatic carbocycles. The third kappa shape index (κ3) is 2.88. The second-order valence-electron chi connectivity index (χ2n) is 5.32. The van der Waals surface area contributed by atoms with E-state index < -0.39 is 0 Å². The highest BCUT2D eigenvalue weighted by atomic mass is 16.5. The summed E-state index contributed by atoms with van der Waals surface area (Å²) in [6, 6.07) is 8.40. The lowest BCUT2D eigenvalue weighted by atomic mass is 9.92. The maximum atomic E-state index is 5.92. The van der Waals surface area contributed by atoms with Crippen LogP contribution >= 0.6 is 0 Å². The fourth-order valence-electron chi connectivity index (χ4n) is 2.59. The first kappa shape index (κ1) is 15.4. The normalized spacial score (nSPS) is 10.6. The van der Waals surface area contributed by atoms with E-state index in [0.29, 0.717) is 12.3 Å². The molecule has 0 aliphatic heterocycles. The number of ether oxygens (including phenoxy) is 2. The smallest absolute Gasteiger partial charge is 0.161 e. The molecule has 0 unspecified atom stereocenters. The molecule has 0 atom stereocenters. The molecule has 3 nitrogen and oxygen atoms in total. The molecule has 0 bridgehead atoms. The van der Waals surface area contributed by atoms with Crippen molar-refractivity contribution in [3.8, 4) is 22.6 Å². The highest BCUT2D eigenvalue weighted by molar-refractivity contribution is 5.74. The van der Waals surface area contributed by atoms with Crippen molar-refractivity contribution in [2.24, 2.45) is 5.73 Å². The molecule has 2 rings (SSSR count). The van der Waals surface area contributed by atoms with Crippen LogP contribution < -0.4 is 15.2 Å². The number of methoxy groups -OCH3 is 2. The third-order valence-electron chi connectivity index (χ3n) is 3.96. The summed E-state index contributed by atoms with van der Waals surface area (Å²) in [6.07, 6.45) is 0. The Kier molecular flexibility index (Phi) is 4.53. The molecule has 2 N–H and O–H groups in total. The van der Waals surface area contributed by atoms with E-state index in [1.54, 1.807) is 14.2 Å². The quantitative estimate of drug-likeness (QED) is 0.930. The van der Waals surface area contributed by atoms with Gasteiger partial charge in [0.15, 0.2) is 11.5 Å². The maximum Gasteiger partial charge on any atom is 0.161 e. The molecule has 0 fully saturated rings. The summed E-state index contributed by atoms with van der Waals surface area (Å²) >= 11 is 0. The van der Waals surface area contributed by atoms with Crippen LogP contribution in [0.5, 0.6) is 11.5 Å². The summed E-state index contributed by atoms with van der Waals surface area (Å²) < 4.78 is 10.8. The Bertz CT molecular complexity index is 663. The summed E-state index contributed by atoms with van der Waals surface area (Å²) in [5, 5.41) is 0. The van der Waals surface area contributed by atoms with Gasteiger partial charge >= 0.3 is 0 Å². The Morgan fingerprint density at radius 1 is 0.762 bits per heavy atom. The largest absolute Gasteiger partial charge is 0.493 e. The highest BCUT2D eigenvalue weighted by Gasteiger charge is 2.14. The van der Waals surface area contributed by atoms with Crippen LogP contribution in [0.3, 0.4) is 0 Å². The molecule has 0 aliphatic carbocycles. The standard InChI is InChI=1S/C18H23NO2/c1-11-6-13(3)15(7-12(11)2)16-9-18(21-5)17(20-4)8-14(16)10-19/h6-9H,10,19H2,1-5H3. The minimum absolute atomic E-state index is 0.460. The van der Waals surface area contributed by atoms with Crippen LogP contribution in [0.2, 0.25) is 0 Å². The molecule has 0 aromatic heterocycles. The van der Waals surface area contributed by atoms with E-state index >= 15 is 0 Å². The third-order valence-corrected chi connectivity index (χ3v) is 3.96. The Morgan fingerprint density at radius 2 is 1.33 bits per heavy atom. The Hall–Kier alpha value is -2.00. The van der Waals surface area contributed by atoms with Gasteiger partial charge in [-0.15, -0.1) is 0 Å². The van der Waals surface area contributed by atoms with E-state index in [1.165, 1.54) is 22.3 Å². The van der Waals surface area contributed by atoms with Crippen molar-refractivity contribution < 1.29 is 9.47 Å². The summed E-state index contributed by atoms with van der Waals surface area (Å²) in [6.45, 7) is 6.84. The van der Waals surface area contributed by atoms with Crippen LogP contribution in [-0.4, -0.2) is 14.2 Å². The van der Waals surface area contributed by atoms with Crippen LogP contribution in [0, 0.1) is 20.8 Å². The minimum atomic E-state index is 0.460. The van der Waals surface area contributed by atoms with Crippen molar-refractivity contribution in [1.29, 1.82) is 0 Å². The maximum absolute atomic E-state index is 5.92. The van der Waals surface area contributed by atoms with Crippen molar-refractivity contribution in [1.82, 2.24) is 0 Å². The number of nitrogens with two attached hydrogens (primary N) is 1. The molecular weight excluding hydrogens is 262 g/mol. The molecule has 0 heterocycles. The van der Waals surface area contributed by atoms with Gasteiger partial charge < -0.3 is 15.2 Å². The molecule has 0 aliphatic rings. The molecule has 21 heavy (non-hydrogen) atoms. The molecular formula is C18H23NO2. The summed E-state index contributed by atoms with van der Waals surface area (Å²) in [4.78, 5) is 0. The minimum Gasteiger partial charge on any atom is -0.493 e. The summed E-state index contributed by atoms with van der Waals surface area (Å²) in [5.74, 6) is 1.44. The molecule has 0 saturated carbocycles. The van der Waals surface area contributed by atoms with Gasteiger partial charge in [-0.1, -0.05) is 12.1 Å². The van der Waals surface area contributed by atoms with E-state index in [0.717, 1.165) is 16.9 Å². The monoisotopic (exact) mass is 285 g/mol. The van der Waals surface area contributed by atoms with E-state index in [2.05, 4.69) is 32.9 Å². The van der Waals surface area contributed by atoms with Gasteiger partial charge in [0.2, 0.25) is 0 Å². The summed E-state index contributed by atoms with van der Waals surface area (Å²) in [7, 11) is 3.29. The van der Waals surface area contributed by atoms with Gasteiger partial charge in [0, 0.05) is 6.54 Å². The zero-order chi connectivity index (χ0) is 15.6. The zero-order valence-electron chi connectivity index (χ0n) is 13.4. The molecule has 3 heteroatoms. The van der Waals surface area contributed by atoms with Crippen LogP contribution in [0.15, 0.2) is 24.3 Å². The van der Waals surface area contributed by atoms with Gasteiger partial charge in [-0.05, 0) is 66.3 Å². The fourth-order valence-corrected chi connectivity index (χ4v) is 2.59. The van der Waals surface area contributed by atoms with Crippen LogP contribution in [-0.2, 0) is 6.54 Å². The average Bonchev–Trinajstić information content (AvgIpc) is 2.49. The number of hydrogen-bond donors (Lipinski definition) is 1. The van der Waals surface area contributed by atoms with Gasteiger partial charge in [-0.3, -0.25) is 0 Å². The predicted octanol–water partition coefficient (Wildman–Crippen LogP) is 3.75. The first-order valence-corrected chi connectivity index (χ1v) is 7.05. The highest BCUT2D eigenvalue weighted by Crippen LogP contribution is 2.37. The van der Waals surface area contributed by atoms with E-state index in [4.69, 9.17) is 15.2 Å². The second kappa shape index (κ2) is 6.19. The molecule has 0 saturated heterocycles. The molecule has 0 radical (unpaired) electrons. The topological polar surface area (TPSA) is 44.5 Å². The van der Waals surface area contributed by atoms with Crippen molar-refractivity contribution in [2.45, 2.75) is 27.3 Å². The van der Waals surface area contributed by atoms with Crippen molar-refractivity contribution in [2.75, 3.05) is 14.2 Å². The van der Waals surface area contributed by atoms with Gasteiger partial charge in [0.05, 0.1) is 14.2 Å². The number of benzene rings is 2. The van der Waals surface area contributed by atoms with Crippen molar-refractivity contribution in [3.05, 3.63) is 46.5 Å².